The number of likely N-dealkylation sites (tertiary alicyclic amines) is 1. The zero-order chi connectivity index (χ0) is 20.4. The zero-order valence-corrected chi connectivity index (χ0v) is 16.7. The Morgan fingerprint density at radius 3 is 2.45 bits per heavy atom. The lowest BCUT2D eigenvalue weighted by atomic mass is 10.0. The van der Waals surface area contributed by atoms with E-state index in [2.05, 4.69) is 4.90 Å². The number of phenols is 1. The van der Waals surface area contributed by atoms with Crippen LogP contribution >= 0.6 is 0 Å². The fourth-order valence-electron chi connectivity index (χ4n) is 3.94. The standard InChI is InChI=1S/C23H25NO5/c1-27-16-8-6-15(7-9-16)18-14-29-23-17(13-24-10-4-3-5-11-24)19(25)12-20(28-2)21(23)22(18)26/h6-9,12,14,25H,3-5,10-11,13H2,1-2H3. The van der Waals surface area contributed by atoms with E-state index in [0.29, 0.717) is 40.1 Å². The van der Waals surface area contributed by atoms with Crippen LogP contribution in [0.2, 0.25) is 0 Å². The Hall–Kier alpha value is -2.99. The van der Waals surface area contributed by atoms with Crippen LogP contribution in [0.25, 0.3) is 22.1 Å². The van der Waals surface area contributed by atoms with Crippen LogP contribution in [0.4, 0.5) is 0 Å². The molecule has 2 heterocycles. The van der Waals surface area contributed by atoms with Crippen molar-refractivity contribution in [2.75, 3.05) is 27.3 Å². The summed E-state index contributed by atoms with van der Waals surface area (Å²) in [6.45, 7) is 2.49. The van der Waals surface area contributed by atoms with Crippen LogP contribution < -0.4 is 14.9 Å². The Balaban J connectivity index is 1.85. The van der Waals surface area contributed by atoms with Crippen LogP contribution in [-0.4, -0.2) is 37.3 Å². The number of rotatable bonds is 5. The molecule has 0 saturated carbocycles. The molecule has 1 aliphatic rings. The first-order valence-electron chi connectivity index (χ1n) is 9.83. The lowest BCUT2D eigenvalue weighted by molar-refractivity contribution is 0.218. The van der Waals surface area contributed by atoms with E-state index < -0.39 is 0 Å². The van der Waals surface area contributed by atoms with Crippen LogP contribution in [0.15, 0.2) is 45.8 Å². The topological polar surface area (TPSA) is 72.1 Å². The fourth-order valence-corrected chi connectivity index (χ4v) is 3.94. The minimum Gasteiger partial charge on any atom is -0.507 e. The molecule has 1 fully saturated rings. The molecule has 6 nitrogen and oxygen atoms in total. The molecule has 152 valence electrons. The summed E-state index contributed by atoms with van der Waals surface area (Å²) in [6, 6.07) is 8.75. The summed E-state index contributed by atoms with van der Waals surface area (Å²) in [6.07, 6.45) is 4.97. The molecule has 0 unspecified atom stereocenters. The Kier molecular flexibility index (Phi) is 5.45. The van der Waals surface area contributed by atoms with Gasteiger partial charge < -0.3 is 19.0 Å². The van der Waals surface area contributed by atoms with Crippen LogP contribution in [0, 0.1) is 0 Å². The van der Waals surface area contributed by atoms with Gasteiger partial charge in [-0.25, -0.2) is 0 Å². The third-order valence-electron chi connectivity index (χ3n) is 5.54. The number of benzene rings is 2. The maximum Gasteiger partial charge on any atom is 0.204 e. The number of fused-ring (bicyclic) bond motifs is 1. The quantitative estimate of drug-likeness (QED) is 0.699. The van der Waals surface area contributed by atoms with Crippen LogP contribution in [0.5, 0.6) is 17.2 Å². The molecule has 1 saturated heterocycles. The smallest absolute Gasteiger partial charge is 0.204 e. The van der Waals surface area contributed by atoms with Crippen molar-refractivity contribution >= 4 is 11.0 Å². The number of aromatic hydroxyl groups is 1. The SMILES string of the molecule is COc1ccc(-c2coc3c(CN4CCCCC4)c(O)cc(OC)c3c2=O)cc1. The summed E-state index contributed by atoms with van der Waals surface area (Å²) >= 11 is 0. The van der Waals surface area contributed by atoms with Crippen molar-refractivity contribution in [3.8, 4) is 28.4 Å². The minimum absolute atomic E-state index is 0.0836. The minimum atomic E-state index is -0.187. The van der Waals surface area contributed by atoms with E-state index in [1.165, 1.54) is 25.9 Å². The first-order chi connectivity index (χ1) is 14.1. The zero-order valence-electron chi connectivity index (χ0n) is 16.7. The van der Waals surface area contributed by atoms with Gasteiger partial charge in [0.25, 0.3) is 0 Å². The summed E-state index contributed by atoms with van der Waals surface area (Å²) in [5.74, 6) is 1.11. The first kappa shape index (κ1) is 19.3. The molecule has 2 aromatic carbocycles. The van der Waals surface area contributed by atoms with E-state index in [4.69, 9.17) is 13.9 Å². The lowest BCUT2D eigenvalue weighted by Gasteiger charge is -2.27. The molecule has 6 heteroatoms. The van der Waals surface area contributed by atoms with E-state index in [0.717, 1.165) is 31.5 Å². The number of hydrogen-bond acceptors (Lipinski definition) is 6. The van der Waals surface area contributed by atoms with Gasteiger partial charge in [-0.3, -0.25) is 9.69 Å². The van der Waals surface area contributed by atoms with E-state index >= 15 is 0 Å². The second kappa shape index (κ2) is 8.17. The highest BCUT2D eigenvalue weighted by atomic mass is 16.5. The molecule has 3 aromatic rings. The normalized spacial score (nSPS) is 14.8. The van der Waals surface area contributed by atoms with Gasteiger partial charge in [0, 0.05) is 12.6 Å². The van der Waals surface area contributed by atoms with Crippen molar-refractivity contribution in [3.63, 3.8) is 0 Å². The number of nitrogens with zero attached hydrogens (tertiary/aromatic N) is 1. The molecule has 0 amide bonds. The van der Waals surface area contributed by atoms with Crippen molar-refractivity contribution in [1.29, 1.82) is 0 Å². The Morgan fingerprint density at radius 2 is 1.79 bits per heavy atom. The van der Waals surface area contributed by atoms with Gasteiger partial charge in [0.2, 0.25) is 5.43 Å². The fraction of sp³-hybridized carbons (Fsp3) is 0.348. The Morgan fingerprint density at radius 1 is 1.07 bits per heavy atom. The van der Waals surface area contributed by atoms with Crippen molar-refractivity contribution in [2.45, 2.75) is 25.8 Å². The highest BCUT2D eigenvalue weighted by Gasteiger charge is 2.22. The molecular formula is C23H25NO5. The monoisotopic (exact) mass is 395 g/mol. The average molecular weight is 395 g/mol. The summed E-state index contributed by atoms with van der Waals surface area (Å²) in [7, 11) is 3.08. The highest BCUT2D eigenvalue weighted by molar-refractivity contribution is 5.91. The van der Waals surface area contributed by atoms with E-state index in [-0.39, 0.29) is 11.2 Å². The van der Waals surface area contributed by atoms with Crippen molar-refractivity contribution in [1.82, 2.24) is 4.90 Å². The number of hydrogen-bond donors (Lipinski definition) is 1. The van der Waals surface area contributed by atoms with Crippen LogP contribution in [0.3, 0.4) is 0 Å². The van der Waals surface area contributed by atoms with Gasteiger partial charge in [0.1, 0.15) is 34.5 Å². The molecule has 0 atom stereocenters. The molecule has 29 heavy (non-hydrogen) atoms. The van der Waals surface area contributed by atoms with Gasteiger partial charge in [0.05, 0.1) is 25.3 Å². The van der Waals surface area contributed by atoms with Gasteiger partial charge >= 0.3 is 0 Å². The third kappa shape index (κ3) is 3.68. The second-order valence-corrected chi connectivity index (χ2v) is 7.32. The highest BCUT2D eigenvalue weighted by Crippen LogP contribution is 2.36. The maximum atomic E-state index is 13.4. The number of methoxy groups -OCH3 is 2. The van der Waals surface area contributed by atoms with E-state index in [9.17, 15) is 9.90 Å². The first-order valence-corrected chi connectivity index (χ1v) is 9.83. The number of piperidine rings is 1. The predicted octanol–water partition coefficient (Wildman–Crippen LogP) is 4.17. The molecule has 1 aromatic heterocycles. The molecular weight excluding hydrogens is 370 g/mol. The van der Waals surface area contributed by atoms with Gasteiger partial charge in [-0.15, -0.1) is 0 Å². The number of phenolic OH excluding ortho intramolecular Hbond substituents is 1. The average Bonchev–Trinajstić information content (AvgIpc) is 2.76. The molecule has 1 aliphatic heterocycles. The van der Waals surface area contributed by atoms with Gasteiger partial charge in [-0.2, -0.15) is 0 Å². The molecule has 1 N–H and O–H groups in total. The van der Waals surface area contributed by atoms with Crippen molar-refractivity contribution in [3.05, 3.63) is 52.4 Å². The van der Waals surface area contributed by atoms with E-state index in [1.54, 1.807) is 19.2 Å². The van der Waals surface area contributed by atoms with Gasteiger partial charge in [0.15, 0.2) is 0 Å². The summed E-state index contributed by atoms with van der Waals surface area (Å²) < 4.78 is 16.5. The number of ether oxygens (including phenoxy) is 2. The molecule has 0 spiro atoms. The summed E-state index contributed by atoms with van der Waals surface area (Å²) in [5.41, 5.74) is 1.99. The molecule has 0 radical (unpaired) electrons. The summed E-state index contributed by atoms with van der Waals surface area (Å²) in [4.78, 5) is 15.6. The lowest BCUT2D eigenvalue weighted by Crippen LogP contribution is -2.29. The molecule has 0 bridgehead atoms. The Bertz CT molecular complexity index is 1070. The predicted molar refractivity (Wildman–Crippen MR) is 112 cm³/mol. The molecule has 0 aliphatic carbocycles. The largest absolute Gasteiger partial charge is 0.507 e. The van der Waals surface area contributed by atoms with Crippen molar-refractivity contribution in [2.24, 2.45) is 0 Å². The Labute approximate surface area is 169 Å². The van der Waals surface area contributed by atoms with Gasteiger partial charge in [-0.1, -0.05) is 18.6 Å². The maximum absolute atomic E-state index is 13.4. The summed E-state index contributed by atoms with van der Waals surface area (Å²) in [5, 5.41) is 11.0. The van der Waals surface area contributed by atoms with Crippen LogP contribution in [-0.2, 0) is 6.54 Å². The van der Waals surface area contributed by atoms with Gasteiger partial charge in [-0.05, 0) is 43.6 Å². The third-order valence-corrected chi connectivity index (χ3v) is 5.54. The second-order valence-electron chi connectivity index (χ2n) is 7.32. The van der Waals surface area contributed by atoms with Crippen LogP contribution in [0.1, 0.15) is 24.8 Å². The molecule has 4 rings (SSSR count). The van der Waals surface area contributed by atoms with E-state index in [1.807, 2.05) is 12.1 Å². The van der Waals surface area contributed by atoms with Crippen molar-refractivity contribution < 1.29 is 19.0 Å².